The average molecular weight is 488 g/mol. The molecule has 0 unspecified atom stereocenters. The third-order valence-corrected chi connectivity index (χ3v) is 6.30. The van der Waals surface area contributed by atoms with Gasteiger partial charge < -0.3 is 20.7 Å². The minimum atomic E-state index is -0.889. The molecule has 3 N–H and O–H groups in total. The molecule has 1 fully saturated rings. The molecule has 3 amide bonds. The Balaban J connectivity index is 2.35. The van der Waals surface area contributed by atoms with Gasteiger partial charge in [0.15, 0.2) is 0 Å². The standard InChI is InChI=1S/C27H41N3O5/c1-6-7-11-18(4)23-16-24(31)29-21(15-20-12-9-8-10-13-20)26(33)28-19(5)25(32)30-22(14-17(2)3)27(34)35-23/h8-10,12-13,17-19,21-23H,6-7,11,14-16H2,1-5H3,(H,28,33)(H,29,31)(H,30,32)/t18-,19-,21-,22+,23-/m0/s1. The number of benzene rings is 1. The van der Waals surface area contributed by atoms with E-state index in [1.54, 1.807) is 6.92 Å². The number of hydrogen-bond donors (Lipinski definition) is 3. The highest BCUT2D eigenvalue weighted by Gasteiger charge is 2.33. The van der Waals surface area contributed by atoms with E-state index in [0.717, 1.165) is 24.8 Å². The van der Waals surface area contributed by atoms with Gasteiger partial charge in [-0.1, -0.05) is 70.9 Å². The molecule has 1 aliphatic rings. The Kier molecular flexibility index (Phi) is 11.2. The smallest absolute Gasteiger partial charge is 0.328 e. The van der Waals surface area contributed by atoms with E-state index in [4.69, 9.17) is 4.74 Å². The third kappa shape index (κ3) is 9.34. The van der Waals surface area contributed by atoms with Gasteiger partial charge in [0.2, 0.25) is 17.7 Å². The first-order valence-electron chi connectivity index (χ1n) is 12.7. The van der Waals surface area contributed by atoms with Crippen molar-refractivity contribution in [3.8, 4) is 0 Å². The molecule has 1 aromatic rings. The maximum atomic E-state index is 13.1. The fourth-order valence-corrected chi connectivity index (χ4v) is 4.16. The molecule has 1 saturated heterocycles. The first-order valence-corrected chi connectivity index (χ1v) is 12.7. The van der Waals surface area contributed by atoms with Crippen LogP contribution in [0, 0.1) is 11.8 Å². The second kappa shape index (κ2) is 13.9. The monoisotopic (exact) mass is 487 g/mol. The molecule has 0 radical (unpaired) electrons. The Morgan fingerprint density at radius 2 is 1.63 bits per heavy atom. The van der Waals surface area contributed by atoms with Crippen LogP contribution in [0.15, 0.2) is 30.3 Å². The summed E-state index contributed by atoms with van der Waals surface area (Å²) in [5.74, 6) is -1.76. The van der Waals surface area contributed by atoms with E-state index < -0.39 is 42.0 Å². The third-order valence-electron chi connectivity index (χ3n) is 6.30. The number of amides is 3. The van der Waals surface area contributed by atoms with Gasteiger partial charge in [-0.3, -0.25) is 14.4 Å². The second-order valence-corrected chi connectivity index (χ2v) is 10.0. The van der Waals surface area contributed by atoms with Gasteiger partial charge in [-0.05, 0) is 37.2 Å². The number of rotatable bonds is 8. The van der Waals surface area contributed by atoms with Crippen LogP contribution in [0.4, 0.5) is 0 Å². The molecule has 5 atom stereocenters. The van der Waals surface area contributed by atoms with Gasteiger partial charge in [-0.15, -0.1) is 0 Å². The van der Waals surface area contributed by atoms with Crippen LogP contribution in [0.2, 0.25) is 0 Å². The number of nitrogens with one attached hydrogen (secondary N) is 3. The summed E-state index contributed by atoms with van der Waals surface area (Å²) in [6, 6.07) is 6.76. The molecular formula is C27H41N3O5. The van der Waals surface area contributed by atoms with Crippen molar-refractivity contribution in [1.29, 1.82) is 0 Å². The lowest BCUT2D eigenvalue weighted by Crippen LogP contribution is -2.55. The van der Waals surface area contributed by atoms with Crippen molar-refractivity contribution in [2.24, 2.45) is 11.8 Å². The summed E-state index contributed by atoms with van der Waals surface area (Å²) in [5.41, 5.74) is 0.880. The Bertz CT molecular complexity index is 858. The van der Waals surface area contributed by atoms with Gasteiger partial charge in [-0.25, -0.2) is 4.79 Å². The molecule has 0 bridgehead atoms. The van der Waals surface area contributed by atoms with Gasteiger partial charge in [0, 0.05) is 6.42 Å². The summed E-state index contributed by atoms with van der Waals surface area (Å²) in [6.45, 7) is 9.51. The number of unbranched alkanes of at least 4 members (excludes halogenated alkanes) is 1. The van der Waals surface area contributed by atoms with Crippen LogP contribution < -0.4 is 16.0 Å². The molecule has 2 rings (SSSR count). The highest BCUT2D eigenvalue weighted by atomic mass is 16.5. The number of ether oxygens (including phenoxy) is 1. The Hall–Kier alpha value is -2.90. The summed E-state index contributed by atoms with van der Waals surface area (Å²) in [6.07, 6.45) is 2.70. The lowest BCUT2D eigenvalue weighted by molar-refractivity contribution is -0.157. The van der Waals surface area contributed by atoms with Crippen LogP contribution in [0.1, 0.15) is 72.3 Å². The zero-order valence-corrected chi connectivity index (χ0v) is 21.6. The van der Waals surface area contributed by atoms with Crippen LogP contribution >= 0.6 is 0 Å². The van der Waals surface area contributed by atoms with Gasteiger partial charge >= 0.3 is 5.97 Å². The predicted octanol–water partition coefficient (Wildman–Crippen LogP) is 2.89. The SMILES string of the molecule is CCCC[C@H](C)[C@@H]1CC(=O)N[C@@H](Cc2ccccc2)C(=O)N[C@@H](C)C(=O)N[C@H](CC(C)C)C(=O)O1. The Labute approximate surface area is 208 Å². The first-order chi connectivity index (χ1) is 16.6. The quantitative estimate of drug-likeness (QED) is 0.488. The molecule has 0 aliphatic carbocycles. The van der Waals surface area contributed by atoms with Gasteiger partial charge in [0.25, 0.3) is 0 Å². The van der Waals surface area contributed by atoms with E-state index in [-0.39, 0.29) is 30.6 Å². The number of cyclic esters (lactones) is 1. The van der Waals surface area contributed by atoms with Crippen molar-refractivity contribution in [2.75, 3.05) is 0 Å². The molecule has 1 aliphatic heterocycles. The van der Waals surface area contributed by atoms with Crippen molar-refractivity contribution in [3.05, 3.63) is 35.9 Å². The molecule has 35 heavy (non-hydrogen) atoms. The van der Waals surface area contributed by atoms with Crippen LogP contribution in [0.25, 0.3) is 0 Å². The molecule has 0 aromatic heterocycles. The summed E-state index contributed by atoms with van der Waals surface area (Å²) in [7, 11) is 0. The maximum Gasteiger partial charge on any atom is 0.328 e. The maximum absolute atomic E-state index is 13.1. The Morgan fingerprint density at radius 3 is 2.26 bits per heavy atom. The van der Waals surface area contributed by atoms with E-state index >= 15 is 0 Å². The number of carbonyl (C=O) groups is 4. The van der Waals surface area contributed by atoms with E-state index in [0.29, 0.717) is 6.42 Å². The normalized spacial score (nSPS) is 25.3. The molecule has 1 heterocycles. The predicted molar refractivity (Wildman–Crippen MR) is 134 cm³/mol. The van der Waals surface area contributed by atoms with Crippen LogP contribution in [-0.2, 0) is 30.3 Å². The fraction of sp³-hybridized carbons (Fsp3) is 0.630. The first kappa shape index (κ1) is 28.3. The van der Waals surface area contributed by atoms with E-state index in [2.05, 4.69) is 22.9 Å². The van der Waals surface area contributed by atoms with Crippen molar-refractivity contribution >= 4 is 23.7 Å². The number of carbonyl (C=O) groups excluding carboxylic acids is 4. The summed E-state index contributed by atoms with van der Waals surface area (Å²) >= 11 is 0. The van der Waals surface area contributed by atoms with Gasteiger partial charge in [-0.2, -0.15) is 0 Å². The van der Waals surface area contributed by atoms with Crippen molar-refractivity contribution in [1.82, 2.24) is 16.0 Å². The Morgan fingerprint density at radius 1 is 0.943 bits per heavy atom. The van der Waals surface area contributed by atoms with E-state index in [1.807, 2.05) is 51.1 Å². The molecule has 8 nitrogen and oxygen atoms in total. The fourth-order valence-electron chi connectivity index (χ4n) is 4.16. The van der Waals surface area contributed by atoms with Crippen LogP contribution in [-0.4, -0.2) is 47.9 Å². The second-order valence-electron chi connectivity index (χ2n) is 10.0. The lowest BCUT2D eigenvalue weighted by Gasteiger charge is -2.27. The van der Waals surface area contributed by atoms with E-state index in [1.165, 1.54) is 0 Å². The zero-order valence-electron chi connectivity index (χ0n) is 21.6. The minimum Gasteiger partial charge on any atom is -0.460 e. The minimum absolute atomic E-state index is 0.0485. The largest absolute Gasteiger partial charge is 0.460 e. The molecule has 8 heteroatoms. The molecule has 0 saturated carbocycles. The highest BCUT2D eigenvalue weighted by Crippen LogP contribution is 2.20. The summed E-state index contributed by atoms with van der Waals surface area (Å²) in [4.78, 5) is 52.1. The topological polar surface area (TPSA) is 114 Å². The van der Waals surface area contributed by atoms with Crippen LogP contribution in [0.3, 0.4) is 0 Å². The highest BCUT2D eigenvalue weighted by molar-refractivity contribution is 5.94. The van der Waals surface area contributed by atoms with Gasteiger partial charge in [0.1, 0.15) is 24.2 Å². The molecule has 194 valence electrons. The average Bonchev–Trinajstić information content (AvgIpc) is 2.81. The molecule has 1 aromatic carbocycles. The summed E-state index contributed by atoms with van der Waals surface area (Å²) < 4.78 is 5.85. The lowest BCUT2D eigenvalue weighted by atomic mass is 9.95. The van der Waals surface area contributed by atoms with Crippen LogP contribution in [0.5, 0.6) is 0 Å². The number of hydrogen-bond acceptors (Lipinski definition) is 5. The van der Waals surface area contributed by atoms with Crippen molar-refractivity contribution in [2.45, 2.75) is 97.4 Å². The number of esters is 1. The molecule has 0 spiro atoms. The zero-order chi connectivity index (χ0) is 26.0. The molecular weight excluding hydrogens is 446 g/mol. The van der Waals surface area contributed by atoms with Crippen molar-refractivity contribution < 1.29 is 23.9 Å². The van der Waals surface area contributed by atoms with Crippen molar-refractivity contribution in [3.63, 3.8) is 0 Å². The van der Waals surface area contributed by atoms with Gasteiger partial charge in [0.05, 0.1) is 6.42 Å². The summed E-state index contributed by atoms with van der Waals surface area (Å²) in [5, 5.41) is 8.26. The van der Waals surface area contributed by atoms with E-state index in [9.17, 15) is 19.2 Å².